The fourth-order valence-corrected chi connectivity index (χ4v) is 1.80. The molecule has 86 valence electrons. The van der Waals surface area contributed by atoms with Gasteiger partial charge in [-0.05, 0) is 31.4 Å². The van der Waals surface area contributed by atoms with Gasteiger partial charge in [0.25, 0.3) is 0 Å². The van der Waals surface area contributed by atoms with E-state index in [2.05, 4.69) is 5.10 Å². The highest BCUT2D eigenvalue weighted by molar-refractivity contribution is 5.18. The molecule has 2 aromatic rings. The summed E-state index contributed by atoms with van der Waals surface area (Å²) in [6.07, 6.45) is 6.45. The molecular formula is C12H16N2O2. The minimum atomic E-state index is -0.459. The highest BCUT2D eigenvalue weighted by atomic mass is 16.3. The molecule has 0 aliphatic carbocycles. The zero-order chi connectivity index (χ0) is 11.5. The van der Waals surface area contributed by atoms with E-state index >= 15 is 0 Å². The van der Waals surface area contributed by atoms with Crippen LogP contribution in [0.5, 0.6) is 0 Å². The third-order valence-electron chi connectivity index (χ3n) is 2.72. The van der Waals surface area contributed by atoms with Gasteiger partial charge in [-0.3, -0.25) is 4.68 Å². The van der Waals surface area contributed by atoms with Crippen molar-refractivity contribution in [2.75, 3.05) is 0 Å². The zero-order valence-corrected chi connectivity index (χ0v) is 9.55. The molecule has 1 N–H and O–H groups in total. The summed E-state index contributed by atoms with van der Waals surface area (Å²) in [4.78, 5) is 0. The van der Waals surface area contributed by atoms with E-state index in [9.17, 15) is 5.11 Å². The SMILES string of the molecule is Cc1occc1C(O)CCc1cnn(C)c1. The highest BCUT2D eigenvalue weighted by Gasteiger charge is 2.12. The number of furan rings is 1. The summed E-state index contributed by atoms with van der Waals surface area (Å²) in [5, 5.41) is 14.1. The van der Waals surface area contributed by atoms with Crippen molar-refractivity contribution >= 4 is 0 Å². The Morgan fingerprint density at radius 1 is 1.56 bits per heavy atom. The molecule has 0 saturated heterocycles. The molecule has 1 atom stereocenters. The topological polar surface area (TPSA) is 51.2 Å². The maximum Gasteiger partial charge on any atom is 0.106 e. The normalized spacial score (nSPS) is 12.9. The molecule has 16 heavy (non-hydrogen) atoms. The number of aliphatic hydroxyl groups is 1. The molecule has 0 aromatic carbocycles. The molecular weight excluding hydrogens is 204 g/mol. The first-order chi connectivity index (χ1) is 7.66. The summed E-state index contributed by atoms with van der Waals surface area (Å²) in [6, 6.07) is 1.82. The van der Waals surface area contributed by atoms with Crippen LogP contribution in [0.4, 0.5) is 0 Å². The Labute approximate surface area is 94.5 Å². The monoisotopic (exact) mass is 220 g/mol. The van der Waals surface area contributed by atoms with E-state index < -0.39 is 6.10 Å². The molecule has 0 bridgehead atoms. The van der Waals surface area contributed by atoms with E-state index in [-0.39, 0.29) is 0 Å². The molecule has 4 heteroatoms. The summed E-state index contributed by atoms with van der Waals surface area (Å²) in [5.41, 5.74) is 2.02. The minimum absolute atomic E-state index is 0.459. The lowest BCUT2D eigenvalue weighted by molar-refractivity contribution is 0.166. The van der Waals surface area contributed by atoms with Gasteiger partial charge < -0.3 is 9.52 Å². The molecule has 0 fully saturated rings. The largest absolute Gasteiger partial charge is 0.469 e. The van der Waals surface area contributed by atoms with Gasteiger partial charge >= 0.3 is 0 Å². The lowest BCUT2D eigenvalue weighted by Crippen LogP contribution is -1.99. The van der Waals surface area contributed by atoms with Gasteiger partial charge in [0.1, 0.15) is 5.76 Å². The van der Waals surface area contributed by atoms with E-state index in [4.69, 9.17) is 4.42 Å². The van der Waals surface area contributed by atoms with Crippen LogP contribution in [0.25, 0.3) is 0 Å². The molecule has 0 aliphatic rings. The third kappa shape index (κ3) is 2.33. The van der Waals surface area contributed by atoms with Crippen LogP contribution in [-0.2, 0) is 13.5 Å². The summed E-state index contributed by atoms with van der Waals surface area (Å²) >= 11 is 0. The maximum atomic E-state index is 9.97. The van der Waals surface area contributed by atoms with Crippen molar-refractivity contribution in [2.45, 2.75) is 25.9 Å². The quantitative estimate of drug-likeness (QED) is 0.857. The molecule has 4 nitrogen and oxygen atoms in total. The van der Waals surface area contributed by atoms with Crippen LogP contribution in [0, 0.1) is 6.92 Å². The first-order valence-corrected chi connectivity index (χ1v) is 5.36. The molecule has 2 rings (SSSR count). The predicted octanol–water partition coefficient (Wildman–Crippen LogP) is 1.99. The fourth-order valence-electron chi connectivity index (χ4n) is 1.80. The van der Waals surface area contributed by atoms with Crippen LogP contribution in [0.3, 0.4) is 0 Å². The molecule has 0 aliphatic heterocycles. The molecule has 2 heterocycles. The van der Waals surface area contributed by atoms with Crippen molar-refractivity contribution in [3.8, 4) is 0 Å². The Morgan fingerprint density at radius 3 is 2.94 bits per heavy atom. The summed E-state index contributed by atoms with van der Waals surface area (Å²) in [5.74, 6) is 0.790. The highest BCUT2D eigenvalue weighted by Crippen LogP contribution is 2.22. The van der Waals surface area contributed by atoms with E-state index in [1.165, 1.54) is 0 Å². The first-order valence-electron chi connectivity index (χ1n) is 5.36. The van der Waals surface area contributed by atoms with E-state index in [0.717, 1.165) is 23.3 Å². The van der Waals surface area contributed by atoms with Crippen LogP contribution < -0.4 is 0 Å². The van der Waals surface area contributed by atoms with Gasteiger partial charge in [0.15, 0.2) is 0 Å². The summed E-state index contributed by atoms with van der Waals surface area (Å²) in [7, 11) is 1.89. The Hall–Kier alpha value is -1.55. The second kappa shape index (κ2) is 4.53. The Morgan fingerprint density at radius 2 is 2.38 bits per heavy atom. The zero-order valence-electron chi connectivity index (χ0n) is 9.55. The number of rotatable bonds is 4. The van der Waals surface area contributed by atoms with Gasteiger partial charge in [-0.2, -0.15) is 5.10 Å². The molecule has 0 saturated carbocycles. The molecule has 1 unspecified atom stereocenters. The number of nitrogens with zero attached hydrogens (tertiary/aromatic N) is 2. The van der Waals surface area contributed by atoms with Gasteiger partial charge in [-0.1, -0.05) is 0 Å². The lowest BCUT2D eigenvalue weighted by atomic mass is 10.0. The number of hydrogen-bond donors (Lipinski definition) is 1. The van der Waals surface area contributed by atoms with Crippen molar-refractivity contribution in [1.29, 1.82) is 0 Å². The minimum Gasteiger partial charge on any atom is -0.469 e. The van der Waals surface area contributed by atoms with Crippen LogP contribution in [0.15, 0.2) is 29.1 Å². The Balaban J connectivity index is 1.93. The van der Waals surface area contributed by atoms with Crippen molar-refractivity contribution in [1.82, 2.24) is 9.78 Å². The van der Waals surface area contributed by atoms with Gasteiger partial charge in [0.2, 0.25) is 0 Å². The van der Waals surface area contributed by atoms with E-state index in [0.29, 0.717) is 6.42 Å². The van der Waals surface area contributed by atoms with E-state index in [1.54, 1.807) is 10.9 Å². The molecule has 0 spiro atoms. The van der Waals surface area contributed by atoms with Crippen molar-refractivity contribution < 1.29 is 9.52 Å². The van der Waals surface area contributed by atoms with Crippen LogP contribution in [0.2, 0.25) is 0 Å². The van der Waals surface area contributed by atoms with Gasteiger partial charge in [-0.25, -0.2) is 0 Å². The molecule has 2 aromatic heterocycles. The van der Waals surface area contributed by atoms with E-state index in [1.807, 2.05) is 32.4 Å². The standard InChI is InChI=1S/C12H16N2O2/c1-9-11(5-6-16-9)12(15)4-3-10-7-13-14(2)8-10/h5-8,12,15H,3-4H2,1-2H3. The average Bonchev–Trinajstić information content (AvgIpc) is 2.84. The Kier molecular flexibility index (Phi) is 3.10. The third-order valence-corrected chi connectivity index (χ3v) is 2.72. The summed E-state index contributed by atoms with van der Waals surface area (Å²) < 4.78 is 6.93. The average molecular weight is 220 g/mol. The van der Waals surface area contributed by atoms with Gasteiger partial charge in [0.05, 0.1) is 18.6 Å². The van der Waals surface area contributed by atoms with Crippen LogP contribution >= 0.6 is 0 Å². The van der Waals surface area contributed by atoms with Crippen LogP contribution in [0.1, 0.15) is 29.4 Å². The van der Waals surface area contributed by atoms with Crippen molar-refractivity contribution in [2.24, 2.45) is 7.05 Å². The van der Waals surface area contributed by atoms with Gasteiger partial charge in [-0.15, -0.1) is 0 Å². The number of aromatic nitrogens is 2. The second-order valence-electron chi connectivity index (χ2n) is 4.01. The van der Waals surface area contributed by atoms with Crippen molar-refractivity contribution in [3.05, 3.63) is 41.6 Å². The second-order valence-corrected chi connectivity index (χ2v) is 4.01. The van der Waals surface area contributed by atoms with Gasteiger partial charge in [0, 0.05) is 18.8 Å². The number of aryl methyl sites for hydroxylation is 3. The summed E-state index contributed by atoms with van der Waals surface area (Å²) in [6.45, 7) is 1.86. The number of hydrogen-bond acceptors (Lipinski definition) is 3. The molecule has 0 amide bonds. The fraction of sp³-hybridized carbons (Fsp3) is 0.417. The smallest absolute Gasteiger partial charge is 0.106 e. The van der Waals surface area contributed by atoms with Crippen molar-refractivity contribution in [3.63, 3.8) is 0 Å². The maximum absolute atomic E-state index is 9.97. The lowest BCUT2D eigenvalue weighted by Gasteiger charge is -2.08. The first kappa shape index (κ1) is 11.0. The number of aliphatic hydroxyl groups excluding tert-OH is 1. The Bertz CT molecular complexity index is 459. The molecule has 0 radical (unpaired) electrons. The van der Waals surface area contributed by atoms with Crippen LogP contribution in [-0.4, -0.2) is 14.9 Å². The predicted molar refractivity (Wildman–Crippen MR) is 59.9 cm³/mol.